The molecule has 82 valence electrons. The third-order valence-corrected chi connectivity index (χ3v) is 3.34. The number of nitrogens with zero attached hydrogens (tertiary/aromatic N) is 1. The van der Waals surface area contributed by atoms with E-state index in [0.29, 0.717) is 0 Å². The quantitative estimate of drug-likeness (QED) is 0.795. The molecule has 0 bridgehead atoms. The Morgan fingerprint density at radius 3 is 2.47 bits per heavy atom. The maximum absolute atomic E-state index is 10.5. The van der Waals surface area contributed by atoms with E-state index >= 15 is 0 Å². The average molecular weight is 205 g/mol. The Bertz CT molecular complexity index is 333. The second-order valence-electron chi connectivity index (χ2n) is 4.57. The van der Waals surface area contributed by atoms with Crippen LogP contribution in [0.5, 0.6) is 0 Å². The Hall–Kier alpha value is -0.860. The zero-order valence-electron chi connectivity index (χ0n) is 9.53. The van der Waals surface area contributed by atoms with Crippen LogP contribution in [-0.4, -0.2) is 30.1 Å². The lowest BCUT2D eigenvalue weighted by atomic mass is 9.92. The minimum atomic E-state index is -0.624. The largest absolute Gasteiger partial charge is 0.384 e. The normalized spacial score (nSPS) is 27.1. The van der Waals surface area contributed by atoms with Crippen LogP contribution in [-0.2, 0) is 12.0 Å². The molecule has 1 aliphatic heterocycles. The molecule has 0 aliphatic carbocycles. The lowest BCUT2D eigenvalue weighted by molar-refractivity contribution is 0.0489. The molecule has 1 atom stereocenters. The molecule has 0 radical (unpaired) electrons. The van der Waals surface area contributed by atoms with Gasteiger partial charge in [0.2, 0.25) is 0 Å². The molecule has 1 unspecified atom stereocenters. The molecule has 0 aromatic heterocycles. The van der Waals surface area contributed by atoms with Crippen LogP contribution in [0.15, 0.2) is 24.3 Å². The Morgan fingerprint density at radius 2 is 2.00 bits per heavy atom. The molecule has 1 saturated heterocycles. The number of aliphatic hydroxyl groups is 1. The van der Waals surface area contributed by atoms with Gasteiger partial charge in [-0.3, -0.25) is 0 Å². The van der Waals surface area contributed by atoms with Crippen molar-refractivity contribution in [3.8, 4) is 0 Å². The molecule has 2 nitrogen and oxygen atoms in total. The van der Waals surface area contributed by atoms with Crippen molar-refractivity contribution in [3.63, 3.8) is 0 Å². The second kappa shape index (κ2) is 3.95. The SMILES string of the molecule is CCc1ccc(C2(O)CCN(C)C2)cc1. The summed E-state index contributed by atoms with van der Waals surface area (Å²) in [6.07, 6.45) is 1.90. The number of rotatable bonds is 2. The maximum atomic E-state index is 10.5. The molecule has 15 heavy (non-hydrogen) atoms. The van der Waals surface area contributed by atoms with Crippen molar-refractivity contribution in [1.29, 1.82) is 0 Å². The Morgan fingerprint density at radius 1 is 1.33 bits per heavy atom. The van der Waals surface area contributed by atoms with Crippen molar-refractivity contribution in [2.24, 2.45) is 0 Å². The highest BCUT2D eigenvalue weighted by molar-refractivity contribution is 5.28. The highest BCUT2D eigenvalue weighted by Gasteiger charge is 2.35. The number of hydrogen-bond donors (Lipinski definition) is 1. The first-order valence-electron chi connectivity index (χ1n) is 5.64. The van der Waals surface area contributed by atoms with Gasteiger partial charge in [-0.25, -0.2) is 0 Å². The Labute approximate surface area is 91.5 Å². The van der Waals surface area contributed by atoms with E-state index < -0.39 is 5.60 Å². The van der Waals surface area contributed by atoms with Gasteiger partial charge in [-0.1, -0.05) is 31.2 Å². The number of aryl methyl sites for hydroxylation is 1. The summed E-state index contributed by atoms with van der Waals surface area (Å²) < 4.78 is 0. The summed E-state index contributed by atoms with van der Waals surface area (Å²) in [6.45, 7) is 3.87. The highest BCUT2D eigenvalue weighted by Crippen LogP contribution is 2.31. The molecule has 1 heterocycles. The molecule has 1 aliphatic rings. The molecule has 1 N–H and O–H groups in total. The second-order valence-corrected chi connectivity index (χ2v) is 4.57. The Kier molecular flexibility index (Phi) is 2.81. The average Bonchev–Trinajstić information content (AvgIpc) is 2.60. The minimum Gasteiger partial charge on any atom is -0.384 e. The predicted octanol–water partition coefficient (Wildman–Crippen LogP) is 1.77. The third-order valence-electron chi connectivity index (χ3n) is 3.34. The zero-order valence-corrected chi connectivity index (χ0v) is 9.53. The molecule has 2 rings (SSSR count). The van der Waals surface area contributed by atoms with Gasteiger partial charge in [-0.2, -0.15) is 0 Å². The lowest BCUT2D eigenvalue weighted by Crippen LogP contribution is -2.29. The first kappa shape index (κ1) is 10.7. The summed E-state index contributed by atoms with van der Waals surface area (Å²) in [5, 5.41) is 10.5. The topological polar surface area (TPSA) is 23.5 Å². The van der Waals surface area contributed by atoms with Gasteiger partial charge in [0.05, 0.1) is 0 Å². The van der Waals surface area contributed by atoms with Crippen LogP contribution in [0.25, 0.3) is 0 Å². The van der Waals surface area contributed by atoms with Crippen LogP contribution in [0.1, 0.15) is 24.5 Å². The van der Waals surface area contributed by atoms with Crippen molar-refractivity contribution in [3.05, 3.63) is 35.4 Å². The first-order valence-corrected chi connectivity index (χ1v) is 5.64. The number of likely N-dealkylation sites (tertiary alicyclic amines) is 1. The van der Waals surface area contributed by atoms with Gasteiger partial charge in [-0.05, 0) is 31.0 Å². The van der Waals surface area contributed by atoms with E-state index in [2.05, 4.69) is 43.1 Å². The van der Waals surface area contributed by atoms with Crippen molar-refractivity contribution >= 4 is 0 Å². The summed E-state index contributed by atoms with van der Waals surface area (Å²) in [4.78, 5) is 2.17. The number of benzene rings is 1. The zero-order chi connectivity index (χ0) is 10.9. The fraction of sp³-hybridized carbons (Fsp3) is 0.538. The van der Waals surface area contributed by atoms with E-state index in [4.69, 9.17) is 0 Å². The van der Waals surface area contributed by atoms with Gasteiger partial charge >= 0.3 is 0 Å². The number of hydrogen-bond acceptors (Lipinski definition) is 2. The highest BCUT2D eigenvalue weighted by atomic mass is 16.3. The third kappa shape index (κ3) is 2.06. The maximum Gasteiger partial charge on any atom is 0.103 e. The van der Waals surface area contributed by atoms with Crippen LogP contribution < -0.4 is 0 Å². The van der Waals surface area contributed by atoms with Crippen molar-refractivity contribution < 1.29 is 5.11 Å². The molecule has 1 aromatic carbocycles. The summed E-state index contributed by atoms with van der Waals surface area (Å²) in [5.41, 5.74) is 1.76. The van der Waals surface area contributed by atoms with Crippen LogP contribution in [0.3, 0.4) is 0 Å². The fourth-order valence-electron chi connectivity index (χ4n) is 2.27. The molecule has 0 spiro atoms. The summed E-state index contributed by atoms with van der Waals surface area (Å²) in [5.74, 6) is 0. The van der Waals surface area contributed by atoms with Crippen LogP contribution in [0, 0.1) is 0 Å². The number of likely N-dealkylation sites (N-methyl/N-ethyl adjacent to an activating group) is 1. The van der Waals surface area contributed by atoms with Crippen LogP contribution in [0.4, 0.5) is 0 Å². The molecular weight excluding hydrogens is 186 g/mol. The summed E-state index contributed by atoms with van der Waals surface area (Å²) in [6, 6.07) is 8.37. The molecule has 1 fully saturated rings. The van der Waals surface area contributed by atoms with Crippen LogP contribution >= 0.6 is 0 Å². The van der Waals surface area contributed by atoms with Gasteiger partial charge < -0.3 is 10.0 Å². The monoisotopic (exact) mass is 205 g/mol. The van der Waals surface area contributed by atoms with E-state index in [1.54, 1.807) is 0 Å². The van der Waals surface area contributed by atoms with Gasteiger partial charge in [0.15, 0.2) is 0 Å². The van der Waals surface area contributed by atoms with E-state index in [-0.39, 0.29) is 0 Å². The summed E-state index contributed by atoms with van der Waals surface area (Å²) in [7, 11) is 2.05. The van der Waals surface area contributed by atoms with Gasteiger partial charge in [0, 0.05) is 13.1 Å². The molecular formula is C13H19NO. The minimum absolute atomic E-state index is 0.624. The molecule has 0 amide bonds. The summed E-state index contributed by atoms with van der Waals surface area (Å²) >= 11 is 0. The van der Waals surface area contributed by atoms with Crippen LogP contribution in [0.2, 0.25) is 0 Å². The molecule has 2 heteroatoms. The van der Waals surface area contributed by atoms with Gasteiger partial charge in [0.25, 0.3) is 0 Å². The van der Waals surface area contributed by atoms with E-state index in [0.717, 1.165) is 31.5 Å². The lowest BCUT2D eigenvalue weighted by Gasteiger charge is -2.23. The Balaban J connectivity index is 2.22. The molecule has 0 saturated carbocycles. The van der Waals surface area contributed by atoms with Gasteiger partial charge in [-0.15, -0.1) is 0 Å². The standard InChI is InChI=1S/C13H19NO/c1-3-11-4-6-12(7-5-11)13(15)8-9-14(2)10-13/h4-7,15H,3,8-10H2,1-2H3. The van der Waals surface area contributed by atoms with Gasteiger partial charge in [0.1, 0.15) is 5.60 Å². The molecule has 1 aromatic rings. The van der Waals surface area contributed by atoms with Crippen molar-refractivity contribution in [2.45, 2.75) is 25.4 Å². The van der Waals surface area contributed by atoms with Crippen molar-refractivity contribution in [2.75, 3.05) is 20.1 Å². The predicted molar refractivity (Wildman–Crippen MR) is 61.8 cm³/mol. The smallest absolute Gasteiger partial charge is 0.103 e. The van der Waals surface area contributed by atoms with E-state index in [1.165, 1.54) is 5.56 Å². The number of β-amino-alcohol motifs (C(OH)–C–C–N with tert-alkyl or cyclic N) is 1. The van der Waals surface area contributed by atoms with E-state index in [9.17, 15) is 5.11 Å². The van der Waals surface area contributed by atoms with E-state index in [1.807, 2.05) is 0 Å². The van der Waals surface area contributed by atoms with Crippen molar-refractivity contribution in [1.82, 2.24) is 4.90 Å². The first-order chi connectivity index (χ1) is 7.14. The fourth-order valence-corrected chi connectivity index (χ4v) is 2.27.